The second-order valence-electron chi connectivity index (χ2n) is 12.1. The first-order valence-corrected chi connectivity index (χ1v) is 15.4. The minimum absolute atomic E-state index is 0.109. The lowest BCUT2D eigenvalue weighted by atomic mass is 9.68. The highest BCUT2D eigenvalue weighted by atomic mass is 17.0. The van der Waals surface area contributed by atoms with Crippen LogP contribution in [0.15, 0.2) is 97.1 Å². The van der Waals surface area contributed by atoms with Crippen molar-refractivity contribution < 1.29 is 38.6 Å². The third-order valence-electron chi connectivity index (χ3n) is 8.66. The van der Waals surface area contributed by atoms with E-state index in [-0.39, 0.29) is 25.4 Å². The number of hydrogen-bond acceptors (Lipinski definition) is 8. The fourth-order valence-electron chi connectivity index (χ4n) is 6.37. The molecule has 0 bridgehead atoms. The molecular formula is C37H38O8. The van der Waals surface area contributed by atoms with Crippen molar-refractivity contribution in [2.45, 2.75) is 69.5 Å². The van der Waals surface area contributed by atoms with E-state index in [0.29, 0.717) is 11.5 Å². The molecule has 8 heteroatoms. The Morgan fingerprint density at radius 1 is 0.600 bits per heavy atom. The monoisotopic (exact) mass is 610 g/mol. The second kappa shape index (κ2) is 11.2. The van der Waals surface area contributed by atoms with Crippen molar-refractivity contribution in [1.29, 1.82) is 0 Å². The van der Waals surface area contributed by atoms with Crippen LogP contribution < -0.4 is 9.47 Å². The van der Waals surface area contributed by atoms with Crippen LogP contribution in [0, 0.1) is 0 Å². The molecule has 2 fully saturated rings. The first-order chi connectivity index (χ1) is 21.7. The van der Waals surface area contributed by atoms with Gasteiger partial charge >= 0.3 is 11.9 Å². The van der Waals surface area contributed by atoms with Crippen LogP contribution in [0.25, 0.3) is 11.1 Å². The Bertz CT molecular complexity index is 1540. The highest BCUT2D eigenvalue weighted by Gasteiger charge is 2.60. The number of epoxide rings is 2. The fourth-order valence-corrected chi connectivity index (χ4v) is 6.37. The van der Waals surface area contributed by atoms with Gasteiger partial charge in [-0.3, -0.25) is 0 Å². The van der Waals surface area contributed by atoms with Gasteiger partial charge in [0.05, 0.1) is 30.8 Å². The zero-order valence-electron chi connectivity index (χ0n) is 25.8. The topological polar surface area (TPSA) is 102 Å². The van der Waals surface area contributed by atoms with Gasteiger partial charge in [0.15, 0.2) is 12.2 Å². The Morgan fingerprint density at radius 3 is 1.29 bits per heavy atom. The molecule has 0 radical (unpaired) electrons. The molecule has 0 aromatic heterocycles. The molecule has 0 spiro atoms. The average Bonchev–Trinajstić information content (AvgIpc) is 3.85. The molecule has 2 aliphatic heterocycles. The van der Waals surface area contributed by atoms with Gasteiger partial charge in [-0.15, -0.1) is 0 Å². The Hall–Kier alpha value is -3.76. The van der Waals surface area contributed by atoms with Crippen LogP contribution in [-0.2, 0) is 24.4 Å². The lowest BCUT2D eigenvalue weighted by Crippen LogP contribution is -2.31. The van der Waals surface area contributed by atoms with Crippen LogP contribution in [0.4, 0.5) is 0 Å². The smallest absolute Gasteiger partial charge is 0.355 e. The molecule has 0 amide bonds. The van der Waals surface area contributed by atoms with Crippen molar-refractivity contribution in [2.24, 2.45) is 0 Å². The van der Waals surface area contributed by atoms with E-state index in [4.69, 9.17) is 28.4 Å². The van der Waals surface area contributed by atoms with Crippen molar-refractivity contribution in [3.05, 3.63) is 119 Å². The molecule has 6 unspecified atom stereocenters. The van der Waals surface area contributed by atoms with Crippen LogP contribution >= 0.6 is 0 Å². The summed E-state index contributed by atoms with van der Waals surface area (Å²) in [6, 6.07) is 33.2. The minimum Gasteiger partial charge on any atom is -0.437 e. The summed E-state index contributed by atoms with van der Waals surface area (Å²) in [4.78, 5) is 0. The van der Waals surface area contributed by atoms with E-state index in [1.165, 1.54) is 22.3 Å². The Morgan fingerprint density at radius 2 is 0.956 bits per heavy atom. The SMILES string of the molecule is CC(O)COC1(Oc2ccc(C3(c4ccc(OC5(OCC(C)O)OC5C)cc4)c4ccccc4-c4ccccc43)cc2)OC1C. The van der Waals surface area contributed by atoms with E-state index >= 15 is 0 Å². The summed E-state index contributed by atoms with van der Waals surface area (Å²) in [7, 11) is 0. The van der Waals surface area contributed by atoms with Crippen LogP contribution in [0.1, 0.15) is 49.9 Å². The van der Waals surface area contributed by atoms with E-state index in [9.17, 15) is 10.2 Å². The van der Waals surface area contributed by atoms with Gasteiger partial charge in [0.25, 0.3) is 0 Å². The molecule has 45 heavy (non-hydrogen) atoms. The lowest BCUT2D eigenvalue weighted by Gasteiger charge is -2.34. The van der Waals surface area contributed by atoms with Crippen LogP contribution in [0.3, 0.4) is 0 Å². The van der Waals surface area contributed by atoms with E-state index in [1.54, 1.807) is 13.8 Å². The van der Waals surface area contributed by atoms with Gasteiger partial charge in [0.2, 0.25) is 0 Å². The highest BCUT2D eigenvalue weighted by molar-refractivity contribution is 5.86. The largest absolute Gasteiger partial charge is 0.437 e. The van der Waals surface area contributed by atoms with Crippen molar-refractivity contribution in [2.75, 3.05) is 13.2 Å². The summed E-state index contributed by atoms with van der Waals surface area (Å²) in [5.41, 5.74) is 6.26. The molecule has 1 aliphatic carbocycles. The maximum atomic E-state index is 9.72. The van der Waals surface area contributed by atoms with E-state index in [2.05, 4.69) is 72.8 Å². The summed E-state index contributed by atoms with van der Waals surface area (Å²) in [6.07, 6.45) is -1.77. The van der Waals surface area contributed by atoms with Gasteiger partial charge in [-0.05, 0) is 85.3 Å². The molecule has 234 valence electrons. The number of aliphatic hydroxyl groups is 2. The molecule has 2 saturated heterocycles. The molecule has 2 heterocycles. The Kier molecular flexibility index (Phi) is 7.48. The van der Waals surface area contributed by atoms with Gasteiger partial charge in [-0.25, -0.2) is 0 Å². The van der Waals surface area contributed by atoms with Crippen LogP contribution in [0.2, 0.25) is 0 Å². The fraction of sp³-hybridized carbons (Fsp3) is 0.351. The first-order valence-electron chi connectivity index (χ1n) is 15.4. The quantitative estimate of drug-likeness (QED) is 0.136. The molecule has 4 aromatic carbocycles. The number of aliphatic hydroxyl groups excluding tert-OH is 2. The average molecular weight is 611 g/mol. The summed E-state index contributed by atoms with van der Waals surface area (Å²) < 4.78 is 35.2. The number of ether oxygens (including phenoxy) is 6. The molecule has 6 atom stereocenters. The zero-order chi connectivity index (χ0) is 31.4. The summed E-state index contributed by atoms with van der Waals surface area (Å²) in [5.74, 6) is -1.18. The molecule has 8 nitrogen and oxygen atoms in total. The molecule has 2 N–H and O–H groups in total. The van der Waals surface area contributed by atoms with Gasteiger partial charge in [0.1, 0.15) is 11.5 Å². The van der Waals surface area contributed by atoms with Gasteiger partial charge in [-0.1, -0.05) is 72.8 Å². The first kappa shape index (κ1) is 29.9. The second-order valence-corrected chi connectivity index (χ2v) is 12.1. The van der Waals surface area contributed by atoms with Crippen LogP contribution in [-0.4, -0.2) is 59.8 Å². The summed E-state index contributed by atoms with van der Waals surface area (Å²) >= 11 is 0. The van der Waals surface area contributed by atoms with Gasteiger partial charge in [0, 0.05) is 0 Å². The molecule has 7 rings (SSSR count). The zero-order valence-corrected chi connectivity index (χ0v) is 25.8. The molecular weight excluding hydrogens is 572 g/mol. The Labute approximate surface area is 263 Å². The van der Waals surface area contributed by atoms with Crippen molar-refractivity contribution in [3.8, 4) is 22.6 Å². The van der Waals surface area contributed by atoms with Gasteiger partial charge < -0.3 is 38.6 Å². The highest BCUT2D eigenvalue weighted by Crippen LogP contribution is 2.56. The maximum Gasteiger partial charge on any atom is 0.355 e. The van der Waals surface area contributed by atoms with E-state index in [1.807, 2.05) is 38.1 Å². The number of fused-ring (bicyclic) bond motifs is 3. The van der Waals surface area contributed by atoms with Crippen molar-refractivity contribution in [1.82, 2.24) is 0 Å². The van der Waals surface area contributed by atoms with Crippen molar-refractivity contribution >= 4 is 0 Å². The van der Waals surface area contributed by atoms with Gasteiger partial charge in [-0.2, -0.15) is 0 Å². The lowest BCUT2D eigenvalue weighted by molar-refractivity contribution is -0.187. The van der Waals surface area contributed by atoms with E-state index in [0.717, 1.165) is 11.1 Å². The molecule has 0 saturated carbocycles. The summed E-state index contributed by atoms with van der Waals surface area (Å²) in [5, 5.41) is 19.4. The third-order valence-corrected chi connectivity index (χ3v) is 8.66. The number of benzene rings is 4. The molecule has 4 aromatic rings. The predicted molar refractivity (Wildman–Crippen MR) is 167 cm³/mol. The number of rotatable bonds is 12. The van der Waals surface area contributed by atoms with Crippen LogP contribution in [0.5, 0.6) is 11.5 Å². The normalized spacial score (nSPS) is 26.8. The van der Waals surface area contributed by atoms with E-state index < -0.39 is 29.6 Å². The summed E-state index contributed by atoms with van der Waals surface area (Å²) in [6.45, 7) is 7.29. The minimum atomic E-state index is -1.20. The Balaban J connectivity index is 1.26. The standard InChI is InChI=1S/C37H38O8/c1-23(38)21-40-36(25(3)42-36)44-29-17-13-27(14-18-29)35(33-11-7-5-9-31(33)32-10-6-8-12-34(32)35)28-15-19-30(20-16-28)45-37(26(4)43-37)41-22-24(2)39/h5-20,23-26,38-39H,21-22H2,1-4H3. The maximum absolute atomic E-state index is 9.72. The molecule has 3 aliphatic rings. The number of hydrogen-bond donors (Lipinski definition) is 2. The third kappa shape index (κ3) is 5.21. The van der Waals surface area contributed by atoms with Crippen molar-refractivity contribution in [3.63, 3.8) is 0 Å². The predicted octanol–water partition coefficient (Wildman–Crippen LogP) is 5.75.